The Morgan fingerprint density at radius 1 is 1.22 bits per heavy atom. The summed E-state index contributed by atoms with van der Waals surface area (Å²) < 4.78 is 11.4. The largest absolute Gasteiger partial charge is 0.492 e. The predicted molar refractivity (Wildman–Crippen MR) is 92.0 cm³/mol. The van der Waals surface area contributed by atoms with Gasteiger partial charge >= 0.3 is 0 Å². The number of hydrogen-bond acceptors (Lipinski definition) is 5. The summed E-state index contributed by atoms with van der Waals surface area (Å²) in [7, 11) is 0. The highest BCUT2D eigenvalue weighted by molar-refractivity contribution is 7.99. The number of thioether (sulfide) groups is 1. The second kappa shape index (κ2) is 8.57. The van der Waals surface area contributed by atoms with Crippen LogP contribution in [0, 0.1) is 0 Å². The van der Waals surface area contributed by atoms with E-state index in [4.69, 9.17) is 9.47 Å². The van der Waals surface area contributed by atoms with Gasteiger partial charge in [0.05, 0.1) is 6.61 Å². The van der Waals surface area contributed by atoms with Crippen LogP contribution < -0.4 is 4.74 Å². The van der Waals surface area contributed by atoms with Crippen molar-refractivity contribution in [2.75, 3.05) is 57.4 Å². The van der Waals surface area contributed by atoms with Crippen LogP contribution in [-0.2, 0) is 9.53 Å². The first-order valence-electron chi connectivity index (χ1n) is 8.21. The Balaban J connectivity index is 1.43. The van der Waals surface area contributed by atoms with E-state index < -0.39 is 0 Å². The lowest BCUT2D eigenvalue weighted by Gasteiger charge is -2.36. The van der Waals surface area contributed by atoms with Crippen LogP contribution in [0.25, 0.3) is 0 Å². The summed E-state index contributed by atoms with van der Waals surface area (Å²) in [6.07, 6.45) is -0.316. The molecule has 0 bridgehead atoms. The molecule has 23 heavy (non-hydrogen) atoms. The minimum atomic E-state index is -0.316. The van der Waals surface area contributed by atoms with E-state index in [1.54, 1.807) is 0 Å². The quantitative estimate of drug-likeness (QED) is 0.812. The molecule has 6 heteroatoms. The third-order valence-corrected chi connectivity index (χ3v) is 5.11. The van der Waals surface area contributed by atoms with Gasteiger partial charge in [0.2, 0.25) is 0 Å². The van der Waals surface area contributed by atoms with E-state index in [-0.39, 0.29) is 12.0 Å². The minimum Gasteiger partial charge on any atom is -0.492 e. The summed E-state index contributed by atoms with van der Waals surface area (Å²) in [6.45, 7) is 5.28. The molecule has 2 fully saturated rings. The van der Waals surface area contributed by atoms with Gasteiger partial charge in [-0.3, -0.25) is 9.69 Å². The first-order chi connectivity index (χ1) is 11.3. The van der Waals surface area contributed by atoms with Gasteiger partial charge in [0.25, 0.3) is 5.91 Å². The second-order valence-corrected chi connectivity index (χ2v) is 6.98. The summed E-state index contributed by atoms with van der Waals surface area (Å²) in [5.74, 6) is 3.11. The summed E-state index contributed by atoms with van der Waals surface area (Å²) in [4.78, 5) is 16.7. The maximum Gasteiger partial charge on any atom is 0.253 e. The number of carbonyl (C=O) groups excluding carboxylic acids is 1. The highest BCUT2D eigenvalue weighted by Crippen LogP contribution is 2.14. The van der Waals surface area contributed by atoms with Crippen molar-refractivity contribution in [2.24, 2.45) is 0 Å². The first-order valence-corrected chi connectivity index (χ1v) is 9.37. The van der Waals surface area contributed by atoms with Gasteiger partial charge in [-0.25, -0.2) is 0 Å². The van der Waals surface area contributed by atoms with Crippen LogP contribution in [0.15, 0.2) is 30.3 Å². The monoisotopic (exact) mass is 336 g/mol. The molecule has 0 saturated carbocycles. The highest BCUT2D eigenvalue weighted by Gasteiger charge is 2.30. The van der Waals surface area contributed by atoms with Gasteiger partial charge in [0.1, 0.15) is 18.5 Å². The van der Waals surface area contributed by atoms with E-state index in [0.717, 1.165) is 43.4 Å². The molecule has 2 saturated heterocycles. The molecule has 0 radical (unpaired) electrons. The number of ether oxygens (including phenoxy) is 2. The Hall–Kier alpha value is -1.24. The average molecular weight is 336 g/mol. The zero-order valence-corrected chi connectivity index (χ0v) is 14.2. The molecule has 2 aliphatic rings. The fourth-order valence-corrected chi connectivity index (χ4v) is 3.75. The normalized spacial score (nSPS) is 22.8. The molecular weight excluding hydrogens is 312 g/mol. The molecule has 2 aliphatic heterocycles. The average Bonchev–Trinajstić information content (AvgIpc) is 2.63. The van der Waals surface area contributed by atoms with E-state index in [9.17, 15) is 4.79 Å². The number of hydrogen-bond donors (Lipinski definition) is 0. The standard InChI is InChI=1S/C17H24N2O3S/c20-17(19-8-12-23-13-9-19)16-14-18(7-11-22-16)6-10-21-15-4-2-1-3-5-15/h1-5,16H,6-14H2. The topological polar surface area (TPSA) is 42.0 Å². The van der Waals surface area contributed by atoms with Crippen LogP contribution in [0.3, 0.4) is 0 Å². The smallest absolute Gasteiger partial charge is 0.253 e. The Kier molecular flexibility index (Phi) is 6.19. The van der Waals surface area contributed by atoms with Gasteiger partial charge in [-0.2, -0.15) is 11.8 Å². The highest BCUT2D eigenvalue weighted by atomic mass is 32.2. The van der Waals surface area contributed by atoms with Crippen molar-refractivity contribution in [1.29, 1.82) is 0 Å². The molecule has 1 unspecified atom stereocenters. The van der Waals surface area contributed by atoms with Gasteiger partial charge in [-0.1, -0.05) is 18.2 Å². The van der Waals surface area contributed by atoms with Crippen molar-refractivity contribution in [2.45, 2.75) is 6.10 Å². The van der Waals surface area contributed by atoms with Crippen LogP contribution in [0.2, 0.25) is 0 Å². The summed E-state index contributed by atoms with van der Waals surface area (Å²) in [5, 5.41) is 0. The molecule has 1 atom stereocenters. The third kappa shape index (κ3) is 4.86. The molecule has 0 spiro atoms. The Morgan fingerprint density at radius 2 is 2.00 bits per heavy atom. The second-order valence-electron chi connectivity index (χ2n) is 5.76. The van der Waals surface area contributed by atoms with E-state index in [1.807, 2.05) is 47.0 Å². The van der Waals surface area contributed by atoms with Gasteiger partial charge < -0.3 is 14.4 Å². The number of benzene rings is 1. The summed E-state index contributed by atoms with van der Waals surface area (Å²) in [5.41, 5.74) is 0. The zero-order valence-electron chi connectivity index (χ0n) is 13.4. The molecule has 2 heterocycles. The van der Waals surface area contributed by atoms with Gasteiger partial charge in [-0.15, -0.1) is 0 Å². The number of carbonyl (C=O) groups is 1. The van der Waals surface area contributed by atoms with Gasteiger partial charge in [-0.05, 0) is 12.1 Å². The molecule has 126 valence electrons. The number of nitrogens with zero attached hydrogens (tertiary/aromatic N) is 2. The molecule has 0 N–H and O–H groups in total. The molecule has 0 aromatic heterocycles. The van der Waals surface area contributed by atoms with Crippen molar-refractivity contribution >= 4 is 17.7 Å². The summed E-state index contributed by atoms with van der Waals surface area (Å²) in [6, 6.07) is 9.83. The van der Waals surface area contributed by atoms with E-state index in [2.05, 4.69) is 4.90 Å². The lowest BCUT2D eigenvalue weighted by Crippen LogP contribution is -2.53. The fourth-order valence-electron chi connectivity index (χ4n) is 2.85. The molecule has 5 nitrogen and oxygen atoms in total. The van der Waals surface area contributed by atoms with Crippen molar-refractivity contribution in [1.82, 2.24) is 9.80 Å². The third-order valence-electron chi connectivity index (χ3n) is 4.17. The van der Waals surface area contributed by atoms with Crippen LogP contribution >= 0.6 is 11.8 Å². The molecule has 1 aromatic rings. The SMILES string of the molecule is O=C(C1CN(CCOc2ccccc2)CCO1)N1CCSCC1. The van der Waals surface area contributed by atoms with Crippen molar-refractivity contribution < 1.29 is 14.3 Å². The predicted octanol–water partition coefficient (Wildman–Crippen LogP) is 1.34. The maximum absolute atomic E-state index is 12.5. The zero-order chi connectivity index (χ0) is 15.9. The van der Waals surface area contributed by atoms with Crippen LogP contribution in [0.5, 0.6) is 5.75 Å². The lowest BCUT2D eigenvalue weighted by molar-refractivity contribution is -0.149. The molecule has 1 amide bonds. The minimum absolute atomic E-state index is 0.152. The number of amides is 1. The number of morpholine rings is 1. The van der Waals surface area contributed by atoms with E-state index in [0.29, 0.717) is 19.8 Å². The lowest BCUT2D eigenvalue weighted by atomic mass is 10.2. The molecule has 3 rings (SSSR count). The molecule has 1 aromatic carbocycles. The number of rotatable bonds is 5. The van der Waals surface area contributed by atoms with Gasteiger partial charge in [0.15, 0.2) is 0 Å². The van der Waals surface area contributed by atoms with Crippen molar-refractivity contribution in [3.05, 3.63) is 30.3 Å². The van der Waals surface area contributed by atoms with E-state index >= 15 is 0 Å². The Morgan fingerprint density at radius 3 is 2.78 bits per heavy atom. The van der Waals surface area contributed by atoms with Crippen molar-refractivity contribution in [3.8, 4) is 5.75 Å². The van der Waals surface area contributed by atoms with Crippen molar-refractivity contribution in [3.63, 3.8) is 0 Å². The molecule has 0 aliphatic carbocycles. The van der Waals surface area contributed by atoms with Crippen LogP contribution in [-0.4, -0.2) is 79.3 Å². The van der Waals surface area contributed by atoms with Crippen LogP contribution in [0.4, 0.5) is 0 Å². The Labute approximate surface area is 141 Å². The molecular formula is C17H24N2O3S. The Bertz CT molecular complexity index is 494. The first kappa shape index (κ1) is 16.6. The maximum atomic E-state index is 12.5. The van der Waals surface area contributed by atoms with E-state index in [1.165, 1.54) is 0 Å². The fraction of sp³-hybridized carbons (Fsp3) is 0.588. The van der Waals surface area contributed by atoms with Gasteiger partial charge in [0, 0.05) is 44.2 Å². The van der Waals surface area contributed by atoms with Crippen LogP contribution in [0.1, 0.15) is 0 Å². The number of para-hydroxylation sites is 1. The summed E-state index contributed by atoms with van der Waals surface area (Å²) >= 11 is 1.91.